The quantitative estimate of drug-likeness (QED) is 0.526. The van der Waals surface area contributed by atoms with Gasteiger partial charge in [-0.25, -0.2) is 8.42 Å². The van der Waals surface area contributed by atoms with Gasteiger partial charge in [0.1, 0.15) is 5.75 Å². The van der Waals surface area contributed by atoms with Gasteiger partial charge in [0.15, 0.2) is 0 Å². The minimum absolute atomic E-state index is 0.0570. The molecule has 0 bridgehead atoms. The van der Waals surface area contributed by atoms with Crippen molar-refractivity contribution in [1.82, 2.24) is 14.5 Å². The lowest BCUT2D eigenvalue weighted by atomic mass is 10.1. The van der Waals surface area contributed by atoms with Crippen LogP contribution < -0.4 is 10.1 Å². The van der Waals surface area contributed by atoms with Crippen LogP contribution in [0.2, 0.25) is 0 Å². The number of fused-ring (bicyclic) bond motifs is 1. The molecule has 0 radical (unpaired) electrons. The number of carbonyl (C=O) groups is 1. The summed E-state index contributed by atoms with van der Waals surface area (Å²) in [6, 6.07) is 18.8. The lowest BCUT2D eigenvalue weighted by Crippen LogP contribution is -2.50. The zero-order valence-corrected chi connectivity index (χ0v) is 19.2. The molecule has 180 valence electrons. The number of nitrogens with zero attached hydrogens (tertiary/aromatic N) is 2. The summed E-state index contributed by atoms with van der Waals surface area (Å²) in [6.45, 7) is -0.990. The molecule has 1 aliphatic rings. The summed E-state index contributed by atoms with van der Waals surface area (Å²) in [4.78, 5) is 14.5. The Morgan fingerprint density at radius 1 is 0.941 bits per heavy atom. The Balaban J connectivity index is 1.26. The Bertz CT molecular complexity index is 1240. The fourth-order valence-electron chi connectivity index (χ4n) is 3.85. The molecule has 3 aromatic carbocycles. The van der Waals surface area contributed by atoms with Crippen LogP contribution in [0, 0.1) is 0 Å². The van der Waals surface area contributed by atoms with E-state index in [0.717, 1.165) is 16.3 Å². The van der Waals surface area contributed by atoms with Crippen LogP contribution in [0.3, 0.4) is 0 Å². The van der Waals surface area contributed by atoms with E-state index in [4.69, 9.17) is 0 Å². The third kappa shape index (κ3) is 5.88. The highest BCUT2D eigenvalue weighted by Crippen LogP contribution is 2.23. The number of alkyl halides is 2. The first-order valence-electron chi connectivity index (χ1n) is 10.8. The molecule has 0 aliphatic carbocycles. The number of halogens is 2. The third-order valence-electron chi connectivity index (χ3n) is 5.70. The first kappa shape index (κ1) is 24.1. The number of amides is 1. The molecule has 0 spiro atoms. The van der Waals surface area contributed by atoms with Crippen molar-refractivity contribution in [3.63, 3.8) is 0 Å². The molecule has 1 N–H and O–H groups in total. The standard InChI is InChI=1S/C24H25F2N3O4S/c25-24(26)33-21-8-5-18(6-9-21)16-27-23(30)17-28-11-13-29(14-12-28)34(31,32)22-10-7-19-3-1-2-4-20(19)15-22/h1-10,15,24H,11-14,16-17H2,(H,27,30). The summed E-state index contributed by atoms with van der Waals surface area (Å²) in [5.74, 6) is -0.139. The number of carbonyl (C=O) groups excluding carboxylic acids is 1. The van der Waals surface area contributed by atoms with Crippen molar-refractivity contribution < 1.29 is 26.7 Å². The highest BCUT2D eigenvalue weighted by Gasteiger charge is 2.29. The van der Waals surface area contributed by atoms with Gasteiger partial charge in [-0.2, -0.15) is 13.1 Å². The molecule has 7 nitrogen and oxygen atoms in total. The molecular formula is C24H25F2N3O4S. The topological polar surface area (TPSA) is 79.0 Å². The van der Waals surface area contributed by atoms with E-state index in [9.17, 15) is 22.0 Å². The summed E-state index contributed by atoms with van der Waals surface area (Å²) < 4.78 is 56.3. The SMILES string of the molecule is O=C(CN1CCN(S(=O)(=O)c2ccc3ccccc3c2)CC1)NCc1ccc(OC(F)F)cc1. The van der Waals surface area contributed by atoms with Gasteiger partial charge >= 0.3 is 6.61 Å². The molecule has 1 aliphatic heterocycles. The fraction of sp³-hybridized carbons (Fsp3) is 0.292. The Labute approximate surface area is 197 Å². The van der Waals surface area contributed by atoms with E-state index < -0.39 is 16.6 Å². The smallest absolute Gasteiger partial charge is 0.387 e. The summed E-state index contributed by atoms with van der Waals surface area (Å²) in [5.41, 5.74) is 0.751. The average molecular weight is 490 g/mol. The fourth-order valence-corrected chi connectivity index (χ4v) is 5.31. The van der Waals surface area contributed by atoms with Crippen LogP contribution >= 0.6 is 0 Å². The van der Waals surface area contributed by atoms with Gasteiger partial charge in [-0.1, -0.05) is 42.5 Å². The van der Waals surface area contributed by atoms with Crippen molar-refractivity contribution in [2.75, 3.05) is 32.7 Å². The number of nitrogens with one attached hydrogen (secondary N) is 1. The lowest BCUT2D eigenvalue weighted by molar-refractivity contribution is -0.122. The summed E-state index contributed by atoms with van der Waals surface area (Å²) in [5, 5.41) is 4.64. The van der Waals surface area contributed by atoms with Gasteiger partial charge < -0.3 is 10.1 Å². The molecule has 10 heteroatoms. The maximum atomic E-state index is 13.1. The molecule has 0 atom stereocenters. The number of hydrogen-bond donors (Lipinski definition) is 1. The normalized spacial score (nSPS) is 15.5. The Kier molecular flexibility index (Phi) is 7.40. The van der Waals surface area contributed by atoms with E-state index in [-0.39, 0.29) is 29.6 Å². The van der Waals surface area contributed by atoms with Gasteiger partial charge in [0.2, 0.25) is 15.9 Å². The minimum atomic E-state index is -3.61. The van der Waals surface area contributed by atoms with E-state index in [0.29, 0.717) is 26.2 Å². The molecule has 4 rings (SSSR count). The van der Waals surface area contributed by atoms with Gasteiger partial charge in [0.05, 0.1) is 11.4 Å². The first-order chi connectivity index (χ1) is 16.3. The maximum Gasteiger partial charge on any atom is 0.387 e. The third-order valence-corrected chi connectivity index (χ3v) is 7.59. The maximum absolute atomic E-state index is 13.1. The number of piperazine rings is 1. The number of sulfonamides is 1. The molecule has 34 heavy (non-hydrogen) atoms. The van der Waals surface area contributed by atoms with Crippen LogP contribution in [-0.4, -0.2) is 62.9 Å². The van der Waals surface area contributed by atoms with Gasteiger partial charge in [-0.05, 0) is 40.6 Å². The average Bonchev–Trinajstić information content (AvgIpc) is 2.83. The van der Waals surface area contributed by atoms with Crippen LogP contribution in [0.5, 0.6) is 5.75 Å². The molecule has 0 saturated carbocycles. The molecule has 1 amide bonds. The zero-order chi connectivity index (χ0) is 24.1. The number of ether oxygens (including phenoxy) is 1. The van der Waals surface area contributed by atoms with Crippen molar-refractivity contribution in [1.29, 1.82) is 0 Å². The summed E-state index contributed by atoms with van der Waals surface area (Å²) in [7, 11) is -3.61. The summed E-state index contributed by atoms with van der Waals surface area (Å²) in [6.07, 6.45) is 0. The molecular weight excluding hydrogens is 464 g/mol. The van der Waals surface area contributed by atoms with Crippen LogP contribution in [0.4, 0.5) is 8.78 Å². The van der Waals surface area contributed by atoms with Gasteiger partial charge in [0.25, 0.3) is 0 Å². The summed E-state index contributed by atoms with van der Waals surface area (Å²) >= 11 is 0. The van der Waals surface area contributed by atoms with E-state index in [1.54, 1.807) is 24.3 Å². The van der Waals surface area contributed by atoms with Crippen molar-refractivity contribution in [3.8, 4) is 5.75 Å². The minimum Gasteiger partial charge on any atom is -0.435 e. The van der Waals surface area contributed by atoms with Crippen molar-refractivity contribution >= 4 is 26.7 Å². The monoisotopic (exact) mass is 489 g/mol. The Morgan fingerprint density at radius 2 is 1.62 bits per heavy atom. The number of benzene rings is 3. The molecule has 1 heterocycles. The van der Waals surface area contributed by atoms with Gasteiger partial charge in [0, 0.05) is 32.7 Å². The van der Waals surface area contributed by atoms with Crippen molar-refractivity contribution in [3.05, 3.63) is 72.3 Å². The first-order valence-corrected chi connectivity index (χ1v) is 12.3. The zero-order valence-electron chi connectivity index (χ0n) is 18.4. The van der Waals surface area contributed by atoms with Crippen LogP contribution in [0.25, 0.3) is 10.8 Å². The van der Waals surface area contributed by atoms with Crippen LogP contribution in [0.1, 0.15) is 5.56 Å². The highest BCUT2D eigenvalue weighted by molar-refractivity contribution is 7.89. The van der Waals surface area contributed by atoms with Crippen molar-refractivity contribution in [2.45, 2.75) is 18.1 Å². The molecule has 0 aromatic heterocycles. The second-order valence-electron chi connectivity index (χ2n) is 7.99. The van der Waals surface area contributed by atoms with Crippen LogP contribution in [-0.2, 0) is 21.4 Å². The number of hydrogen-bond acceptors (Lipinski definition) is 5. The molecule has 3 aromatic rings. The van der Waals surface area contributed by atoms with E-state index in [1.165, 1.54) is 16.4 Å². The largest absolute Gasteiger partial charge is 0.435 e. The van der Waals surface area contributed by atoms with Gasteiger partial charge in [-0.15, -0.1) is 0 Å². The molecule has 1 fully saturated rings. The van der Waals surface area contributed by atoms with Crippen molar-refractivity contribution in [2.24, 2.45) is 0 Å². The van der Waals surface area contributed by atoms with E-state index in [1.807, 2.05) is 35.2 Å². The second kappa shape index (κ2) is 10.5. The van der Waals surface area contributed by atoms with Gasteiger partial charge in [-0.3, -0.25) is 9.69 Å². The molecule has 1 saturated heterocycles. The Morgan fingerprint density at radius 3 is 2.29 bits per heavy atom. The highest BCUT2D eigenvalue weighted by atomic mass is 32.2. The predicted molar refractivity (Wildman–Crippen MR) is 124 cm³/mol. The van der Waals surface area contributed by atoms with Crippen LogP contribution in [0.15, 0.2) is 71.6 Å². The Hall–Kier alpha value is -3.08. The lowest BCUT2D eigenvalue weighted by Gasteiger charge is -2.33. The molecule has 0 unspecified atom stereocenters. The predicted octanol–water partition coefficient (Wildman–Crippen LogP) is 3.06. The second-order valence-corrected chi connectivity index (χ2v) is 9.93. The van der Waals surface area contributed by atoms with E-state index in [2.05, 4.69) is 10.1 Å². The van der Waals surface area contributed by atoms with E-state index >= 15 is 0 Å². The number of rotatable bonds is 8.